The molecule has 0 bridgehead atoms. The van der Waals surface area contributed by atoms with E-state index in [0.29, 0.717) is 24.1 Å². The van der Waals surface area contributed by atoms with Gasteiger partial charge in [0.1, 0.15) is 10.7 Å². The van der Waals surface area contributed by atoms with Crippen LogP contribution in [0.25, 0.3) is 0 Å². The van der Waals surface area contributed by atoms with Gasteiger partial charge in [0.05, 0.1) is 0 Å². The largest absolute Gasteiger partial charge is 0.355 e. The fourth-order valence-corrected chi connectivity index (χ4v) is 4.78. The molecule has 0 spiro atoms. The zero-order valence-corrected chi connectivity index (χ0v) is 16.7. The first-order valence-corrected chi connectivity index (χ1v) is 10.6. The number of piperidine rings is 1. The lowest BCUT2D eigenvalue weighted by Crippen LogP contribution is -2.41. The third-order valence-corrected chi connectivity index (χ3v) is 6.85. The Balaban J connectivity index is 1.60. The molecule has 1 aliphatic rings. The van der Waals surface area contributed by atoms with Crippen molar-refractivity contribution in [2.24, 2.45) is 5.92 Å². The lowest BCUT2D eigenvalue weighted by molar-refractivity contribution is -0.120. The molecular formula is C20H22FN3O4S. The van der Waals surface area contributed by atoms with Gasteiger partial charge < -0.3 is 10.6 Å². The van der Waals surface area contributed by atoms with Gasteiger partial charge in [-0.25, -0.2) is 12.8 Å². The van der Waals surface area contributed by atoms with Crippen LogP contribution in [0, 0.1) is 11.7 Å². The van der Waals surface area contributed by atoms with Gasteiger partial charge in [-0.15, -0.1) is 0 Å². The first-order valence-electron chi connectivity index (χ1n) is 9.20. The number of sulfonamides is 1. The zero-order chi connectivity index (χ0) is 21.0. The van der Waals surface area contributed by atoms with E-state index in [1.165, 1.54) is 29.6 Å². The molecule has 0 atom stereocenters. The van der Waals surface area contributed by atoms with Crippen LogP contribution in [0.2, 0.25) is 0 Å². The molecule has 2 aromatic rings. The van der Waals surface area contributed by atoms with Gasteiger partial charge in [-0.05, 0) is 49.2 Å². The molecule has 0 aliphatic carbocycles. The van der Waals surface area contributed by atoms with Gasteiger partial charge in [0.15, 0.2) is 0 Å². The van der Waals surface area contributed by atoms with Crippen LogP contribution in [-0.4, -0.2) is 44.7 Å². The zero-order valence-electron chi connectivity index (χ0n) is 15.9. The molecule has 154 valence electrons. The van der Waals surface area contributed by atoms with Crippen molar-refractivity contribution in [1.29, 1.82) is 0 Å². The molecule has 7 nitrogen and oxygen atoms in total. The van der Waals surface area contributed by atoms with Crippen LogP contribution in [0.3, 0.4) is 0 Å². The maximum Gasteiger partial charge on any atom is 0.251 e. The van der Waals surface area contributed by atoms with Crippen molar-refractivity contribution in [3.63, 3.8) is 0 Å². The first kappa shape index (κ1) is 20.9. The highest BCUT2D eigenvalue weighted by Gasteiger charge is 2.33. The first-order chi connectivity index (χ1) is 13.8. The summed E-state index contributed by atoms with van der Waals surface area (Å²) in [5.41, 5.74) is 1.04. The highest BCUT2D eigenvalue weighted by molar-refractivity contribution is 7.89. The van der Waals surface area contributed by atoms with Crippen molar-refractivity contribution in [3.05, 3.63) is 59.9 Å². The second-order valence-electron chi connectivity index (χ2n) is 6.75. The number of halogens is 1. The molecule has 0 unspecified atom stereocenters. The molecular weight excluding hydrogens is 397 g/mol. The van der Waals surface area contributed by atoms with Gasteiger partial charge in [0.2, 0.25) is 15.9 Å². The molecule has 1 heterocycles. The molecule has 1 aliphatic heterocycles. The Morgan fingerprint density at radius 2 is 1.66 bits per heavy atom. The van der Waals surface area contributed by atoms with Crippen molar-refractivity contribution < 1.29 is 22.4 Å². The van der Waals surface area contributed by atoms with Crippen LogP contribution in [0.5, 0.6) is 0 Å². The predicted molar refractivity (Wildman–Crippen MR) is 106 cm³/mol. The Kier molecular flexibility index (Phi) is 6.29. The van der Waals surface area contributed by atoms with Gasteiger partial charge in [-0.1, -0.05) is 12.1 Å². The summed E-state index contributed by atoms with van der Waals surface area (Å²) in [6, 6.07) is 11.8. The molecule has 2 N–H and O–H groups in total. The quantitative estimate of drug-likeness (QED) is 0.777. The topological polar surface area (TPSA) is 95.6 Å². The lowest BCUT2D eigenvalue weighted by atomic mass is 9.97. The van der Waals surface area contributed by atoms with Crippen molar-refractivity contribution in [2.45, 2.75) is 17.7 Å². The standard InChI is InChI=1S/C20H22FN3O4S/c1-22-19(25)14-6-8-16(9-7-14)23-20(26)15-10-12-24(13-11-15)29(27,28)18-5-3-2-4-17(18)21/h2-9,15H,10-13H2,1H3,(H,22,25)(H,23,26). The summed E-state index contributed by atoms with van der Waals surface area (Å²) in [7, 11) is -2.39. The summed E-state index contributed by atoms with van der Waals surface area (Å²) in [5, 5.41) is 5.31. The second-order valence-corrected chi connectivity index (χ2v) is 8.66. The maximum atomic E-state index is 13.9. The molecule has 1 fully saturated rings. The van der Waals surface area contributed by atoms with E-state index in [0.717, 1.165) is 6.07 Å². The van der Waals surface area contributed by atoms with E-state index in [9.17, 15) is 22.4 Å². The smallest absolute Gasteiger partial charge is 0.251 e. The third kappa shape index (κ3) is 4.63. The van der Waals surface area contributed by atoms with Crippen molar-refractivity contribution in [1.82, 2.24) is 9.62 Å². The summed E-state index contributed by atoms with van der Waals surface area (Å²) in [6.07, 6.45) is 0.686. The number of benzene rings is 2. The minimum absolute atomic E-state index is 0.143. The van der Waals surface area contributed by atoms with E-state index >= 15 is 0 Å². The van der Waals surface area contributed by atoms with Crippen molar-refractivity contribution >= 4 is 27.5 Å². The van der Waals surface area contributed by atoms with Gasteiger partial charge in [0, 0.05) is 37.3 Å². The highest BCUT2D eigenvalue weighted by atomic mass is 32.2. The van der Waals surface area contributed by atoms with E-state index < -0.39 is 15.8 Å². The number of carbonyl (C=O) groups is 2. The maximum absolute atomic E-state index is 13.9. The normalized spacial score (nSPS) is 15.7. The third-order valence-electron chi connectivity index (χ3n) is 4.92. The number of nitrogens with one attached hydrogen (secondary N) is 2. The molecule has 2 aromatic carbocycles. The second kappa shape index (κ2) is 8.71. The molecule has 1 saturated heterocycles. The number of carbonyl (C=O) groups excluding carboxylic acids is 2. The van der Waals surface area contributed by atoms with E-state index in [4.69, 9.17) is 0 Å². The van der Waals surface area contributed by atoms with Crippen LogP contribution < -0.4 is 10.6 Å². The van der Waals surface area contributed by atoms with Crippen LogP contribution in [0.1, 0.15) is 23.2 Å². The lowest BCUT2D eigenvalue weighted by Gasteiger charge is -2.30. The molecule has 0 aromatic heterocycles. The van der Waals surface area contributed by atoms with E-state index in [2.05, 4.69) is 10.6 Å². The number of rotatable bonds is 5. The number of anilines is 1. The van der Waals surface area contributed by atoms with Gasteiger partial charge in [-0.3, -0.25) is 9.59 Å². The number of nitrogens with zero attached hydrogens (tertiary/aromatic N) is 1. The average molecular weight is 419 g/mol. The number of hydrogen-bond acceptors (Lipinski definition) is 4. The van der Waals surface area contributed by atoms with Gasteiger partial charge in [-0.2, -0.15) is 4.31 Å². The van der Waals surface area contributed by atoms with Crippen molar-refractivity contribution in [3.8, 4) is 0 Å². The molecule has 0 saturated carbocycles. The van der Waals surface area contributed by atoms with Crippen LogP contribution in [-0.2, 0) is 14.8 Å². The van der Waals surface area contributed by atoms with Gasteiger partial charge >= 0.3 is 0 Å². The Morgan fingerprint density at radius 3 is 2.24 bits per heavy atom. The number of hydrogen-bond donors (Lipinski definition) is 2. The fourth-order valence-electron chi connectivity index (χ4n) is 3.24. The average Bonchev–Trinajstić information content (AvgIpc) is 2.74. The fraction of sp³-hybridized carbons (Fsp3) is 0.300. The summed E-state index contributed by atoms with van der Waals surface area (Å²) in [6.45, 7) is 0.286. The Labute approximate surface area is 169 Å². The summed E-state index contributed by atoms with van der Waals surface area (Å²) in [5.74, 6) is -1.56. The molecule has 29 heavy (non-hydrogen) atoms. The predicted octanol–water partition coefficient (Wildman–Crippen LogP) is 2.22. The van der Waals surface area contributed by atoms with E-state index in [1.54, 1.807) is 24.3 Å². The highest BCUT2D eigenvalue weighted by Crippen LogP contribution is 2.26. The Hall–Kier alpha value is -2.78. The minimum Gasteiger partial charge on any atom is -0.355 e. The van der Waals surface area contributed by atoms with E-state index in [-0.39, 0.29) is 35.7 Å². The molecule has 9 heteroatoms. The Morgan fingerprint density at radius 1 is 1.03 bits per heavy atom. The summed E-state index contributed by atoms with van der Waals surface area (Å²) < 4.78 is 40.4. The van der Waals surface area contributed by atoms with Gasteiger partial charge in [0.25, 0.3) is 5.91 Å². The van der Waals surface area contributed by atoms with E-state index in [1.807, 2.05) is 0 Å². The molecule has 3 rings (SSSR count). The van der Waals surface area contributed by atoms with Crippen LogP contribution >= 0.6 is 0 Å². The summed E-state index contributed by atoms with van der Waals surface area (Å²) in [4.78, 5) is 23.7. The summed E-state index contributed by atoms with van der Waals surface area (Å²) >= 11 is 0. The monoisotopic (exact) mass is 419 g/mol. The molecule has 2 amide bonds. The SMILES string of the molecule is CNC(=O)c1ccc(NC(=O)C2CCN(S(=O)(=O)c3ccccc3F)CC2)cc1. The van der Waals surface area contributed by atoms with Crippen molar-refractivity contribution in [2.75, 3.05) is 25.5 Å². The minimum atomic E-state index is -3.93. The Bertz CT molecular complexity index is 1000. The molecule has 0 radical (unpaired) electrons. The van der Waals surface area contributed by atoms with Crippen LogP contribution in [0.15, 0.2) is 53.4 Å². The van der Waals surface area contributed by atoms with Crippen LogP contribution in [0.4, 0.5) is 10.1 Å². The number of amides is 2.